The van der Waals surface area contributed by atoms with Gasteiger partial charge in [-0.15, -0.1) is 0 Å². The lowest BCUT2D eigenvalue weighted by Crippen LogP contribution is -2.09. The van der Waals surface area contributed by atoms with Crippen molar-refractivity contribution in [3.63, 3.8) is 0 Å². The third-order valence-corrected chi connectivity index (χ3v) is 6.17. The van der Waals surface area contributed by atoms with Crippen LogP contribution in [0.4, 0.5) is 11.6 Å². The number of hydrogen-bond donors (Lipinski definition) is 3. The molecular weight excluding hydrogens is 450 g/mol. The molecule has 2 aromatic carbocycles. The summed E-state index contributed by atoms with van der Waals surface area (Å²) >= 11 is 0. The van der Waals surface area contributed by atoms with E-state index in [4.69, 9.17) is 9.52 Å². The van der Waals surface area contributed by atoms with Crippen LogP contribution in [0.15, 0.2) is 77.5 Å². The van der Waals surface area contributed by atoms with E-state index in [0.717, 1.165) is 56.1 Å². The lowest BCUT2D eigenvalue weighted by atomic mass is 10.0. The summed E-state index contributed by atoms with van der Waals surface area (Å²) in [5.41, 5.74) is 7.14. The Labute approximate surface area is 210 Å². The number of aryl methyl sites for hydroxylation is 2. The molecule has 0 saturated carbocycles. The van der Waals surface area contributed by atoms with Crippen molar-refractivity contribution in [3.05, 3.63) is 90.1 Å². The van der Waals surface area contributed by atoms with Gasteiger partial charge in [-0.3, -0.25) is 0 Å². The van der Waals surface area contributed by atoms with Gasteiger partial charge in [0.05, 0.1) is 18.6 Å². The molecule has 0 aliphatic rings. The highest BCUT2D eigenvalue weighted by Gasteiger charge is 2.12. The maximum absolute atomic E-state index is 8.97. The van der Waals surface area contributed by atoms with E-state index < -0.39 is 0 Å². The third-order valence-electron chi connectivity index (χ3n) is 6.17. The summed E-state index contributed by atoms with van der Waals surface area (Å²) in [5, 5.41) is 16.7. The lowest BCUT2D eigenvalue weighted by Gasteiger charge is -2.17. The molecule has 7 nitrogen and oxygen atoms in total. The van der Waals surface area contributed by atoms with Crippen LogP contribution >= 0.6 is 0 Å². The maximum atomic E-state index is 8.97. The fourth-order valence-corrected chi connectivity index (χ4v) is 4.25. The highest BCUT2D eigenvalue weighted by molar-refractivity contribution is 5.85. The number of aromatic nitrogens is 3. The predicted molar refractivity (Wildman–Crippen MR) is 144 cm³/mol. The van der Waals surface area contributed by atoms with Crippen LogP contribution in [0.25, 0.3) is 33.4 Å². The van der Waals surface area contributed by atoms with E-state index in [0.29, 0.717) is 12.4 Å². The number of benzene rings is 2. The Morgan fingerprint density at radius 3 is 2.58 bits per heavy atom. The first kappa shape index (κ1) is 23.5. The Morgan fingerprint density at radius 2 is 1.78 bits per heavy atom. The number of rotatable bonds is 8. The summed E-state index contributed by atoms with van der Waals surface area (Å²) in [4.78, 5) is 13.8. The largest absolute Gasteiger partial charge is 0.464 e. The van der Waals surface area contributed by atoms with Crippen molar-refractivity contribution in [1.82, 2.24) is 15.0 Å². The molecular formula is C29H29N5O2. The van der Waals surface area contributed by atoms with Crippen LogP contribution in [0.3, 0.4) is 0 Å². The van der Waals surface area contributed by atoms with E-state index in [2.05, 4.69) is 62.8 Å². The number of aliphatic hydroxyl groups excluding tert-OH is 1. The van der Waals surface area contributed by atoms with E-state index in [9.17, 15) is 0 Å². The van der Waals surface area contributed by atoms with Crippen molar-refractivity contribution in [1.29, 1.82) is 0 Å². The molecule has 3 aromatic heterocycles. The SMILES string of the molecule is Cc1nc(N[C@@H](C)c2cccc(-c3ccc(NCCO)nc3)c2)cc(-c2ccc3occ(C)c3c2)n1. The summed E-state index contributed by atoms with van der Waals surface area (Å²) in [6.07, 6.45) is 3.62. The number of pyridine rings is 1. The molecule has 0 unspecified atom stereocenters. The van der Waals surface area contributed by atoms with Gasteiger partial charge in [0.15, 0.2) is 0 Å². The van der Waals surface area contributed by atoms with Crippen LogP contribution in [0.1, 0.15) is 29.9 Å². The number of nitrogens with one attached hydrogen (secondary N) is 2. The molecule has 0 aliphatic carbocycles. The molecule has 36 heavy (non-hydrogen) atoms. The standard InChI is InChI=1S/C29H29N5O2/c1-18-17-36-27-9-7-23(14-25(18)27)26-15-29(34-20(3)33-26)32-19(2)21-5-4-6-22(13-21)24-8-10-28(31-16-24)30-11-12-35/h4-10,13-17,19,35H,11-12H2,1-3H3,(H,30,31)(H,32,33,34)/t19-/m0/s1. The second kappa shape index (κ2) is 10.2. The summed E-state index contributed by atoms with van der Waals surface area (Å²) in [6.45, 7) is 6.63. The number of aliphatic hydroxyl groups is 1. The highest BCUT2D eigenvalue weighted by Crippen LogP contribution is 2.29. The Kier molecular flexibility index (Phi) is 6.64. The van der Waals surface area contributed by atoms with Gasteiger partial charge in [-0.05, 0) is 73.9 Å². The first-order chi connectivity index (χ1) is 17.5. The number of furan rings is 1. The van der Waals surface area contributed by atoms with Crippen molar-refractivity contribution in [3.8, 4) is 22.4 Å². The topological polar surface area (TPSA) is 96.1 Å². The van der Waals surface area contributed by atoms with Gasteiger partial charge in [-0.1, -0.05) is 18.2 Å². The molecule has 0 spiro atoms. The van der Waals surface area contributed by atoms with Crippen molar-refractivity contribution >= 4 is 22.6 Å². The first-order valence-corrected chi connectivity index (χ1v) is 12.0. The summed E-state index contributed by atoms with van der Waals surface area (Å²) in [6, 6.07) is 20.5. The number of nitrogens with zero attached hydrogens (tertiary/aromatic N) is 3. The van der Waals surface area contributed by atoms with E-state index in [-0.39, 0.29) is 12.6 Å². The van der Waals surface area contributed by atoms with Gasteiger partial charge < -0.3 is 20.2 Å². The van der Waals surface area contributed by atoms with Gasteiger partial charge in [0.2, 0.25) is 0 Å². The Hall–Kier alpha value is -4.23. The smallest absolute Gasteiger partial charge is 0.134 e. The van der Waals surface area contributed by atoms with Crippen LogP contribution in [0.5, 0.6) is 0 Å². The quantitative estimate of drug-likeness (QED) is 0.246. The molecule has 5 aromatic rings. The molecule has 0 bridgehead atoms. The van der Waals surface area contributed by atoms with E-state index >= 15 is 0 Å². The van der Waals surface area contributed by atoms with Gasteiger partial charge in [0.25, 0.3) is 0 Å². The maximum Gasteiger partial charge on any atom is 0.134 e. The third kappa shape index (κ3) is 5.06. The zero-order valence-electron chi connectivity index (χ0n) is 20.6. The molecule has 182 valence electrons. The molecule has 0 amide bonds. The molecule has 0 saturated heterocycles. The van der Waals surface area contributed by atoms with Crippen LogP contribution in [-0.2, 0) is 0 Å². The average molecular weight is 480 g/mol. The average Bonchev–Trinajstić information content (AvgIpc) is 3.27. The number of anilines is 2. The van der Waals surface area contributed by atoms with E-state index in [1.807, 2.05) is 50.4 Å². The first-order valence-electron chi connectivity index (χ1n) is 12.0. The molecule has 7 heteroatoms. The fraction of sp³-hybridized carbons (Fsp3) is 0.207. The molecule has 1 atom stereocenters. The fourth-order valence-electron chi connectivity index (χ4n) is 4.25. The van der Waals surface area contributed by atoms with Gasteiger partial charge >= 0.3 is 0 Å². The van der Waals surface area contributed by atoms with Crippen LogP contribution in [0.2, 0.25) is 0 Å². The monoisotopic (exact) mass is 479 g/mol. The minimum atomic E-state index is 0.0316. The Bertz CT molecular complexity index is 1490. The van der Waals surface area contributed by atoms with E-state index in [1.165, 1.54) is 0 Å². The van der Waals surface area contributed by atoms with Crippen LogP contribution in [0, 0.1) is 13.8 Å². The summed E-state index contributed by atoms with van der Waals surface area (Å²) < 4.78 is 5.59. The molecule has 3 N–H and O–H groups in total. The summed E-state index contributed by atoms with van der Waals surface area (Å²) in [7, 11) is 0. The van der Waals surface area contributed by atoms with Gasteiger partial charge in [-0.2, -0.15) is 0 Å². The van der Waals surface area contributed by atoms with Gasteiger partial charge in [-0.25, -0.2) is 15.0 Å². The highest BCUT2D eigenvalue weighted by atomic mass is 16.3. The van der Waals surface area contributed by atoms with Gasteiger partial charge in [0.1, 0.15) is 23.0 Å². The van der Waals surface area contributed by atoms with Crippen LogP contribution in [-0.4, -0.2) is 33.2 Å². The van der Waals surface area contributed by atoms with Crippen molar-refractivity contribution in [2.24, 2.45) is 0 Å². The Balaban J connectivity index is 1.36. The second-order valence-corrected chi connectivity index (χ2v) is 8.89. The lowest BCUT2D eigenvalue weighted by molar-refractivity contribution is 0.311. The van der Waals surface area contributed by atoms with Crippen molar-refractivity contribution in [2.45, 2.75) is 26.8 Å². The minimum Gasteiger partial charge on any atom is -0.464 e. The zero-order valence-corrected chi connectivity index (χ0v) is 20.6. The van der Waals surface area contributed by atoms with Gasteiger partial charge in [0, 0.05) is 41.4 Å². The van der Waals surface area contributed by atoms with E-state index in [1.54, 1.807) is 6.26 Å². The number of fused-ring (bicyclic) bond motifs is 1. The van der Waals surface area contributed by atoms with Crippen LogP contribution < -0.4 is 10.6 Å². The number of hydrogen-bond acceptors (Lipinski definition) is 7. The molecule has 0 radical (unpaired) electrons. The molecule has 3 heterocycles. The second-order valence-electron chi connectivity index (χ2n) is 8.89. The normalized spacial score (nSPS) is 12.0. The van der Waals surface area contributed by atoms with Crippen molar-refractivity contribution < 1.29 is 9.52 Å². The Morgan fingerprint density at radius 1 is 0.917 bits per heavy atom. The molecule has 0 aliphatic heterocycles. The van der Waals surface area contributed by atoms with Crippen molar-refractivity contribution in [2.75, 3.05) is 23.8 Å². The summed E-state index contributed by atoms with van der Waals surface area (Å²) in [5.74, 6) is 2.23. The molecule has 5 rings (SSSR count). The predicted octanol–water partition coefficient (Wildman–Crippen LogP) is 6.15. The minimum absolute atomic E-state index is 0.0316. The zero-order chi connectivity index (χ0) is 25.1. The molecule has 0 fully saturated rings.